The third kappa shape index (κ3) is 9.34. The minimum Gasteiger partial charge on any atom is -0.491 e. The van der Waals surface area contributed by atoms with Crippen molar-refractivity contribution in [2.24, 2.45) is 40.4 Å². The molecule has 58 heavy (non-hydrogen) atoms. The van der Waals surface area contributed by atoms with Gasteiger partial charge in [-0.3, -0.25) is 29.1 Å². The standard InChI is InChI=1S/C45H60ClN3O9/c1-7-29-23-45(29,43(53)54)24-36(50)35-21-32(25-49(35)42(52)34(44(4,5)6)22-39(51)58-31-18-27-17-28(27)19-31)57-38-20-30(16-26(2)3)47-41-33(38)8-9-37(40(41)46)56-15-12-48-10-13-55-14-11-48/h7-9,20,26-29,31-32,34-35H,1,10-19,21-25H2,2-6H3,(H,53,54)/t27-,28+,29-,31?,32-,34-,35+,45-/m1/s1. The Kier molecular flexibility index (Phi) is 12.5. The van der Waals surface area contributed by atoms with Crippen LogP contribution >= 0.6 is 11.6 Å². The van der Waals surface area contributed by atoms with Crippen molar-refractivity contribution in [3.05, 3.63) is 41.6 Å². The summed E-state index contributed by atoms with van der Waals surface area (Å²) in [5.74, 6) is -0.626. The van der Waals surface area contributed by atoms with Crippen molar-refractivity contribution in [2.45, 2.75) is 104 Å². The first-order valence-corrected chi connectivity index (χ1v) is 21.5. The summed E-state index contributed by atoms with van der Waals surface area (Å²) < 4.78 is 24.3. The van der Waals surface area contributed by atoms with Crippen LogP contribution in [-0.4, -0.2) is 108 Å². The molecule has 0 spiro atoms. The number of carbonyl (C=O) groups is 4. The molecule has 13 heteroatoms. The Morgan fingerprint density at radius 3 is 2.43 bits per heavy atom. The number of ether oxygens (including phenoxy) is 4. The number of allylic oxidation sites excluding steroid dienone is 1. The molecule has 1 aromatic carbocycles. The lowest BCUT2D eigenvalue weighted by atomic mass is 9.77. The van der Waals surface area contributed by atoms with Crippen LogP contribution in [-0.2, 0) is 35.1 Å². The van der Waals surface area contributed by atoms with Crippen LogP contribution in [0.4, 0.5) is 0 Å². The zero-order valence-corrected chi connectivity index (χ0v) is 35.4. The molecule has 1 aromatic heterocycles. The van der Waals surface area contributed by atoms with Crippen molar-refractivity contribution in [1.82, 2.24) is 14.8 Å². The number of halogens is 1. The van der Waals surface area contributed by atoms with Gasteiger partial charge < -0.3 is 29.0 Å². The van der Waals surface area contributed by atoms with Crippen molar-refractivity contribution in [3.63, 3.8) is 0 Å². The molecular formula is C45H60ClN3O9. The number of Topliss-reactive ketones (excluding diaryl/α,β-unsaturated/α-hetero) is 1. The van der Waals surface area contributed by atoms with E-state index in [1.165, 1.54) is 11.3 Å². The predicted molar refractivity (Wildman–Crippen MR) is 219 cm³/mol. The van der Waals surface area contributed by atoms with Crippen LogP contribution in [0.2, 0.25) is 5.02 Å². The molecule has 3 aliphatic carbocycles. The van der Waals surface area contributed by atoms with Crippen LogP contribution in [0, 0.1) is 40.4 Å². The number of carbonyl (C=O) groups excluding carboxylic acids is 3. The molecule has 3 saturated carbocycles. The van der Waals surface area contributed by atoms with Gasteiger partial charge in [0.25, 0.3) is 0 Å². The molecule has 1 N–H and O–H groups in total. The Balaban J connectivity index is 1.14. The van der Waals surface area contributed by atoms with Crippen molar-refractivity contribution < 1.29 is 43.2 Å². The first-order valence-electron chi connectivity index (χ1n) is 21.2. The average molecular weight is 822 g/mol. The van der Waals surface area contributed by atoms with E-state index in [2.05, 4.69) is 25.3 Å². The predicted octanol–water partition coefficient (Wildman–Crippen LogP) is 6.78. The van der Waals surface area contributed by atoms with E-state index in [-0.39, 0.29) is 55.4 Å². The molecule has 0 radical (unpaired) electrons. The summed E-state index contributed by atoms with van der Waals surface area (Å²) in [7, 11) is 0. The fraction of sp³-hybridized carbons (Fsp3) is 0.667. The van der Waals surface area contributed by atoms with Gasteiger partial charge in [-0.05, 0) is 73.3 Å². The van der Waals surface area contributed by atoms with Crippen LogP contribution < -0.4 is 9.47 Å². The second-order valence-corrected chi connectivity index (χ2v) is 19.3. The Morgan fingerprint density at radius 2 is 1.79 bits per heavy atom. The quantitative estimate of drug-likeness (QED) is 0.133. The maximum Gasteiger partial charge on any atom is 0.310 e. The van der Waals surface area contributed by atoms with Crippen LogP contribution in [0.1, 0.15) is 85.3 Å². The number of nitrogens with zero attached hydrogens (tertiary/aromatic N) is 3. The average Bonchev–Trinajstić information content (AvgIpc) is 3.98. The van der Waals surface area contributed by atoms with E-state index in [1.807, 2.05) is 39.0 Å². The van der Waals surface area contributed by atoms with Crippen LogP contribution in [0.5, 0.6) is 11.5 Å². The maximum absolute atomic E-state index is 14.8. The van der Waals surface area contributed by atoms with Crippen LogP contribution in [0.3, 0.4) is 0 Å². The number of benzene rings is 1. The largest absolute Gasteiger partial charge is 0.491 e. The Hall–Kier alpha value is -3.74. The van der Waals surface area contributed by atoms with Gasteiger partial charge in [0.1, 0.15) is 35.3 Å². The highest BCUT2D eigenvalue weighted by atomic mass is 35.5. The van der Waals surface area contributed by atoms with E-state index in [0.717, 1.165) is 38.2 Å². The number of ketones is 1. The zero-order chi connectivity index (χ0) is 41.5. The van der Waals surface area contributed by atoms with Gasteiger partial charge in [-0.2, -0.15) is 0 Å². The molecule has 316 valence electrons. The van der Waals surface area contributed by atoms with E-state index in [1.54, 1.807) is 6.08 Å². The summed E-state index contributed by atoms with van der Waals surface area (Å²) >= 11 is 7.02. The number of rotatable bonds is 17. The molecule has 2 aliphatic heterocycles. The van der Waals surface area contributed by atoms with Gasteiger partial charge in [0.05, 0.1) is 49.1 Å². The summed E-state index contributed by atoms with van der Waals surface area (Å²) in [5, 5.41) is 11.2. The highest BCUT2D eigenvalue weighted by Crippen LogP contribution is 2.57. The van der Waals surface area contributed by atoms with Gasteiger partial charge in [-0.15, -0.1) is 6.58 Å². The summed E-state index contributed by atoms with van der Waals surface area (Å²) in [6.07, 6.45) is 4.61. The lowest BCUT2D eigenvalue weighted by Gasteiger charge is -2.35. The molecule has 2 saturated heterocycles. The molecule has 3 heterocycles. The summed E-state index contributed by atoms with van der Waals surface area (Å²) in [6, 6.07) is 4.65. The molecule has 0 bridgehead atoms. The minimum atomic E-state index is -1.24. The molecule has 2 aromatic rings. The lowest BCUT2D eigenvalue weighted by Crippen LogP contribution is -2.48. The number of morpholine rings is 1. The number of hydrogen-bond acceptors (Lipinski definition) is 10. The smallest absolute Gasteiger partial charge is 0.310 e. The number of hydrogen-bond donors (Lipinski definition) is 1. The van der Waals surface area contributed by atoms with Crippen molar-refractivity contribution >= 4 is 46.1 Å². The van der Waals surface area contributed by atoms with Gasteiger partial charge >= 0.3 is 11.9 Å². The third-order valence-electron chi connectivity index (χ3n) is 13.0. The van der Waals surface area contributed by atoms with E-state index in [9.17, 15) is 24.3 Å². The van der Waals surface area contributed by atoms with Gasteiger partial charge in [0.15, 0.2) is 5.78 Å². The summed E-state index contributed by atoms with van der Waals surface area (Å²) in [6.45, 7) is 18.1. The minimum absolute atomic E-state index is 0.0770. The number of esters is 1. The van der Waals surface area contributed by atoms with Crippen LogP contribution in [0.15, 0.2) is 30.9 Å². The number of fused-ring (bicyclic) bond motifs is 2. The number of aliphatic carboxylic acids is 1. The molecule has 8 atom stereocenters. The molecular weight excluding hydrogens is 762 g/mol. The van der Waals surface area contributed by atoms with E-state index in [4.69, 9.17) is 35.5 Å². The van der Waals surface area contributed by atoms with E-state index < -0.39 is 40.8 Å². The Bertz CT molecular complexity index is 1900. The van der Waals surface area contributed by atoms with Gasteiger partial charge in [-0.25, -0.2) is 0 Å². The number of carboxylic acid groups (broad SMARTS) is 1. The topological polar surface area (TPSA) is 145 Å². The highest BCUT2D eigenvalue weighted by molar-refractivity contribution is 6.36. The Labute approximate surface area is 346 Å². The van der Waals surface area contributed by atoms with E-state index in [0.29, 0.717) is 71.9 Å². The monoisotopic (exact) mass is 821 g/mol. The first-order chi connectivity index (χ1) is 27.6. The summed E-state index contributed by atoms with van der Waals surface area (Å²) in [4.78, 5) is 63.7. The van der Waals surface area contributed by atoms with E-state index >= 15 is 0 Å². The fourth-order valence-electron chi connectivity index (χ4n) is 9.43. The Morgan fingerprint density at radius 1 is 1.07 bits per heavy atom. The zero-order valence-electron chi connectivity index (χ0n) is 34.7. The molecule has 5 fully saturated rings. The number of amides is 1. The third-order valence-corrected chi connectivity index (χ3v) is 13.4. The normalized spacial score (nSPS) is 28.6. The summed E-state index contributed by atoms with van der Waals surface area (Å²) in [5.41, 5.74) is -0.565. The van der Waals surface area contributed by atoms with Gasteiger partial charge in [-0.1, -0.05) is 52.3 Å². The number of likely N-dealkylation sites (tertiary alicyclic amines) is 1. The molecule has 5 aliphatic rings. The van der Waals surface area contributed by atoms with Crippen LogP contribution in [0.25, 0.3) is 10.9 Å². The molecule has 12 nitrogen and oxygen atoms in total. The molecule has 1 amide bonds. The lowest BCUT2D eigenvalue weighted by molar-refractivity contribution is -0.157. The first kappa shape index (κ1) is 42.4. The number of pyridine rings is 1. The second kappa shape index (κ2) is 17.1. The number of carboxylic acids is 1. The van der Waals surface area contributed by atoms with Crippen molar-refractivity contribution in [2.75, 3.05) is 46.0 Å². The second-order valence-electron chi connectivity index (χ2n) is 18.9. The maximum atomic E-state index is 14.8. The van der Waals surface area contributed by atoms with Crippen molar-refractivity contribution in [3.8, 4) is 11.5 Å². The SMILES string of the molecule is C=C[C@@H]1C[C@]1(CC(=O)[C@@H]1C[C@@H](Oc2cc(CC(C)C)nc3c(Cl)c(OCCN4CCOCC4)ccc23)CN1C(=O)[C@@H](CC(=O)OC1C[C@@H]2C[C@@H]2C1)C(C)(C)C)C(=O)O. The van der Waals surface area contributed by atoms with Gasteiger partial charge in [0, 0.05) is 49.6 Å². The molecule has 1 unspecified atom stereocenters. The highest BCUT2D eigenvalue weighted by Gasteiger charge is 2.61. The molecule has 7 rings (SSSR count). The fourth-order valence-corrected chi connectivity index (χ4v) is 9.69. The van der Waals surface area contributed by atoms with Gasteiger partial charge in [0.2, 0.25) is 5.91 Å². The van der Waals surface area contributed by atoms with Crippen molar-refractivity contribution in [1.29, 1.82) is 0 Å². The number of aromatic nitrogens is 1.